The number of benzene rings is 1. The molecule has 1 atom stereocenters. The Balaban J connectivity index is 2.07. The molecule has 2 N–H and O–H groups in total. The second-order valence-electron chi connectivity index (χ2n) is 4.34. The zero-order valence-electron chi connectivity index (χ0n) is 10.1. The Hall–Kier alpha value is -1.97. The van der Waals surface area contributed by atoms with Crippen LogP contribution >= 0.6 is 11.6 Å². The van der Waals surface area contributed by atoms with Crippen molar-refractivity contribution < 1.29 is 0 Å². The van der Waals surface area contributed by atoms with Gasteiger partial charge in [0.2, 0.25) is 0 Å². The van der Waals surface area contributed by atoms with E-state index < -0.39 is 0 Å². The van der Waals surface area contributed by atoms with Gasteiger partial charge in [-0.1, -0.05) is 29.8 Å². The summed E-state index contributed by atoms with van der Waals surface area (Å²) in [7, 11) is 0. The summed E-state index contributed by atoms with van der Waals surface area (Å²) in [5.41, 5.74) is 9.01. The molecule has 0 amide bonds. The van der Waals surface area contributed by atoms with Gasteiger partial charge in [0.05, 0.1) is 16.6 Å². The first-order chi connectivity index (χ1) is 9.25. The average Bonchev–Trinajstić information content (AvgIpc) is 2.46. The molecule has 2 aromatic heterocycles. The molecule has 19 heavy (non-hydrogen) atoms. The molecule has 0 saturated carbocycles. The van der Waals surface area contributed by atoms with Crippen molar-refractivity contribution in [2.24, 2.45) is 5.73 Å². The van der Waals surface area contributed by atoms with E-state index in [9.17, 15) is 0 Å². The fourth-order valence-electron chi connectivity index (χ4n) is 2.08. The first-order valence-electron chi connectivity index (χ1n) is 5.95. The summed E-state index contributed by atoms with van der Waals surface area (Å²) in [6.45, 7) is 0. The molecule has 0 fully saturated rings. The van der Waals surface area contributed by atoms with E-state index in [4.69, 9.17) is 17.3 Å². The maximum absolute atomic E-state index is 6.26. The van der Waals surface area contributed by atoms with Crippen molar-refractivity contribution in [3.8, 4) is 0 Å². The highest BCUT2D eigenvalue weighted by molar-refractivity contribution is 6.31. The van der Waals surface area contributed by atoms with E-state index in [1.165, 1.54) is 0 Å². The third-order valence-electron chi connectivity index (χ3n) is 3.11. The van der Waals surface area contributed by atoms with Gasteiger partial charge in [0.1, 0.15) is 0 Å². The monoisotopic (exact) mass is 269 g/mol. The number of nitrogens with two attached hydrogens (primary N) is 1. The second kappa shape index (κ2) is 4.96. The molecule has 0 spiro atoms. The highest BCUT2D eigenvalue weighted by atomic mass is 35.5. The summed E-state index contributed by atoms with van der Waals surface area (Å²) in [6, 6.07) is 11.5. The van der Waals surface area contributed by atoms with Gasteiger partial charge in [-0.05, 0) is 29.3 Å². The molecule has 1 aromatic carbocycles. The molecular weight excluding hydrogens is 258 g/mol. The molecule has 3 rings (SSSR count). The van der Waals surface area contributed by atoms with Gasteiger partial charge in [0, 0.05) is 24.0 Å². The quantitative estimate of drug-likeness (QED) is 0.776. The predicted molar refractivity (Wildman–Crippen MR) is 77.0 cm³/mol. The Bertz CT molecular complexity index is 727. The van der Waals surface area contributed by atoms with Gasteiger partial charge in [-0.25, -0.2) is 0 Å². The van der Waals surface area contributed by atoms with Crippen molar-refractivity contribution in [2.75, 3.05) is 0 Å². The number of fused-ring (bicyclic) bond motifs is 1. The standard InChI is InChI=1S/C15H12ClN3/c16-13-9-18-6-5-12(13)15(17)11-7-10-3-1-2-4-14(10)19-8-11/h1-9,15H,17H2. The minimum Gasteiger partial charge on any atom is -0.320 e. The van der Waals surface area contributed by atoms with Crippen molar-refractivity contribution in [1.29, 1.82) is 0 Å². The molecule has 1 unspecified atom stereocenters. The molecular formula is C15H12ClN3. The van der Waals surface area contributed by atoms with Crippen molar-refractivity contribution in [1.82, 2.24) is 9.97 Å². The van der Waals surface area contributed by atoms with Crippen LogP contribution in [0.25, 0.3) is 10.9 Å². The molecule has 3 nitrogen and oxygen atoms in total. The second-order valence-corrected chi connectivity index (χ2v) is 4.74. The number of pyridine rings is 2. The summed E-state index contributed by atoms with van der Waals surface area (Å²) < 4.78 is 0. The third-order valence-corrected chi connectivity index (χ3v) is 3.43. The summed E-state index contributed by atoms with van der Waals surface area (Å²) in [6.07, 6.45) is 5.09. The number of halogens is 1. The molecule has 3 aromatic rings. The Kier molecular flexibility index (Phi) is 3.15. The number of hydrogen-bond donors (Lipinski definition) is 1. The van der Waals surface area contributed by atoms with Gasteiger partial charge in [-0.15, -0.1) is 0 Å². The van der Waals surface area contributed by atoms with Crippen LogP contribution < -0.4 is 5.73 Å². The van der Waals surface area contributed by atoms with Crippen molar-refractivity contribution in [2.45, 2.75) is 6.04 Å². The molecule has 0 aliphatic carbocycles. The van der Waals surface area contributed by atoms with Gasteiger partial charge < -0.3 is 5.73 Å². The fraction of sp³-hybridized carbons (Fsp3) is 0.0667. The fourth-order valence-corrected chi connectivity index (χ4v) is 2.31. The van der Waals surface area contributed by atoms with E-state index >= 15 is 0 Å². The number of para-hydroxylation sites is 1. The topological polar surface area (TPSA) is 51.8 Å². The van der Waals surface area contributed by atoms with Gasteiger partial charge in [-0.3, -0.25) is 9.97 Å². The van der Waals surface area contributed by atoms with Crippen molar-refractivity contribution in [3.63, 3.8) is 0 Å². The smallest absolute Gasteiger partial charge is 0.0702 e. The maximum Gasteiger partial charge on any atom is 0.0702 e. The Morgan fingerprint density at radius 3 is 2.79 bits per heavy atom. The largest absolute Gasteiger partial charge is 0.320 e. The zero-order chi connectivity index (χ0) is 13.2. The van der Waals surface area contributed by atoms with Gasteiger partial charge in [-0.2, -0.15) is 0 Å². The molecule has 94 valence electrons. The lowest BCUT2D eigenvalue weighted by molar-refractivity contribution is 0.864. The molecule has 0 radical (unpaired) electrons. The summed E-state index contributed by atoms with van der Waals surface area (Å²) >= 11 is 6.12. The minimum atomic E-state index is -0.299. The van der Waals surface area contributed by atoms with E-state index in [2.05, 4.69) is 9.97 Å². The Morgan fingerprint density at radius 2 is 1.95 bits per heavy atom. The van der Waals surface area contributed by atoms with E-state index in [0.29, 0.717) is 5.02 Å². The molecule has 2 heterocycles. The van der Waals surface area contributed by atoms with Crippen molar-refractivity contribution >= 4 is 22.5 Å². The minimum absolute atomic E-state index is 0.299. The SMILES string of the molecule is NC(c1cnc2ccccc2c1)c1ccncc1Cl. The summed E-state index contributed by atoms with van der Waals surface area (Å²) in [5, 5.41) is 1.64. The van der Waals surface area contributed by atoms with Crippen LogP contribution in [0.3, 0.4) is 0 Å². The van der Waals surface area contributed by atoms with Crippen LogP contribution in [0.5, 0.6) is 0 Å². The number of hydrogen-bond acceptors (Lipinski definition) is 3. The number of rotatable bonds is 2. The molecule has 0 aliphatic heterocycles. The lowest BCUT2D eigenvalue weighted by Crippen LogP contribution is -2.12. The van der Waals surface area contributed by atoms with Gasteiger partial charge in [0.15, 0.2) is 0 Å². The van der Waals surface area contributed by atoms with Crippen LogP contribution in [0.2, 0.25) is 5.02 Å². The van der Waals surface area contributed by atoms with Gasteiger partial charge in [0.25, 0.3) is 0 Å². The first kappa shape index (κ1) is 12.1. The highest BCUT2D eigenvalue weighted by Gasteiger charge is 2.13. The summed E-state index contributed by atoms with van der Waals surface area (Å²) in [5.74, 6) is 0. The Morgan fingerprint density at radius 1 is 1.11 bits per heavy atom. The molecule has 0 saturated heterocycles. The normalized spacial score (nSPS) is 12.5. The van der Waals surface area contributed by atoms with Crippen LogP contribution in [-0.4, -0.2) is 9.97 Å². The van der Waals surface area contributed by atoms with E-state index in [1.807, 2.05) is 36.4 Å². The lowest BCUT2D eigenvalue weighted by atomic mass is 10.0. The van der Waals surface area contributed by atoms with Crippen LogP contribution in [0, 0.1) is 0 Å². The number of nitrogens with zero attached hydrogens (tertiary/aromatic N) is 2. The molecule has 4 heteroatoms. The van der Waals surface area contributed by atoms with E-state index in [-0.39, 0.29) is 6.04 Å². The molecule has 0 bridgehead atoms. The lowest BCUT2D eigenvalue weighted by Gasteiger charge is -2.14. The zero-order valence-corrected chi connectivity index (χ0v) is 10.9. The maximum atomic E-state index is 6.26. The van der Waals surface area contributed by atoms with Crippen LogP contribution in [0.4, 0.5) is 0 Å². The third kappa shape index (κ3) is 2.30. The van der Waals surface area contributed by atoms with E-state index in [0.717, 1.165) is 22.0 Å². The van der Waals surface area contributed by atoms with Crippen LogP contribution in [-0.2, 0) is 0 Å². The summed E-state index contributed by atoms with van der Waals surface area (Å²) in [4.78, 5) is 8.39. The highest BCUT2D eigenvalue weighted by Crippen LogP contribution is 2.26. The molecule has 0 aliphatic rings. The van der Waals surface area contributed by atoms with Gasteiger partial charge >= 0.3 is 0 Å². The Labute approximate surface area is 116 Å². The number of aromatic nitrogens is 2. The van der Waals surface area contributed by atoms with Crippen LogP contribution in [0.15, 0.2) is 55.0 Å². The van der Waals surface area contributed by atoms with Crippen LogP contribution in [0.1, 0.15) is 17.2 Å². The predicted octanol–water partition coefficient (Wildman–Crippen LogP) is 3.33. The van der Waals surface area contributed by atoms with E-state index in [1.54, 1.807) is 18.6 Å². The van der Waals surface area contributed by atoms with Crippen molar-refractivity contribution in [3.05, 3.63) is 71.1 Å². The first-order valence-corrected chi connectivity index (χ1v) is 6.33. The average molecular weight is 270 g/mol.